The number of carbonyl (C=O) groups is 2. The molecule has 0 saturated heterocycles. The summed E-state index contributed by atoms with van der Waals surface area (Å²) in [4.78, 5) is 28.3. The number of esters is 1. The monoisotopic (exact) mass is 434 g/mol. The van der Waals surface area contributed by atoms with Gasteiger partial charge in [0, 0.05) is 12.7 Å². The van der Waals surface area contributed by atoms with E-state index in [1.165, 1.54) is 0 Å². The van der Waals surface area contributed by atoms with Gasteiger partial charge in [0.2, 0.25) is 0 Å². The molecule has 0 aliphatic heterocycles. The molecule has 3 rings (SSSR count). The van der Waals surface area contributed by atoms with Gasteiger partial charge in [-0.05, 0) is 66.4 Å². The molecule has 7 nitrogen and oxygen atoms in total. The topological polar surface area (TPSA) is 86.8 Å². The van der Waals surface area contributed by atoms with E-state index in [1.807, 2.05) is 24.3 Å². The standard InChI is InChI=1S/C25H26N2O5/c1-4-32-25(29)18-10-8-17(9-11-18)20-16-23(31-3)22(30-2)15-19(20)12-14-27-24(28)21-7-5-6-13-26-21/h5-11,13,15-16H,4,12,14H2,1-3H3,(H,27,28). The maximum atomic E-state index is 12.3. The summed E-state index contributed by atoms with van der Waals surface area (Å²) >= 11 is 0. The van der Waals surface area contributed by atoms with Crippen molar-refractivity contribution in [2.75, 3.05) is 27.4 Å². The average molecular weight is 434 g/mol. The smallest absolute Gasteiger partial charge is 0.338 e. The van der Waals surface area contributed by atoms with Crippen LogP contribution in [0.1, 0.15) is 33.3 Å². The third-order valence-corrected chi connectivity index (χ3v) is 4.89. The van der Waals surface area contributed by atoms with Crippen LogP contribution in [0, 0.1) is 0 Å². The van der Waals surface area contributed by atoms with Crippen LogP contribution < -0.4 is 14.8 Å². The van der Waals surface area contributed by atoms with Crippen LogP contribution in [-0.2, 0) is 11.2 Å². The number of carbonyl (C=O) groups excluding carboxylic acids is 2. The summed E-state index contributed by atoms with van der Waals surface area (Å²) in [6.45, 7) is 2.51. The Balaban J connectivity index is 1.84. The Morgan fingerprint density at radius 2 is 1.69 bits per heavy atom. The molecule has 0 saturated carbocycles. The van der Waals surface area contributed by atoms with Gasteiger partial charge in [-0.25, -0.2) is 4.79 Å². The molecule has 0 bridgehead atoms. The van der Waals surface area contributed by atoms with Crippen molar-refractivity contribution in [3.63, 3.8) is 0 Å². The Bertz CT molecular complexity index is 1070. The van der Waals surface area contributed by atoms with Gasteiger partial charge in [-0.1, -0.05) is 18.2 Å². The number of amides is 1. The van der Waals surface area contributed by atoms with Crippen molar-refractivity contribution in [2.24, 2.45) is 0 Å². The zero-order valence-electron chi connectivity index (χ0n) is 18.4. The predicted molar refractivity (Wildman–Crippen MR) is 121 cm³/mol. The largest absolute Gasteiger partial charge is 0.493 e. The molecule has 0 radical (unpaired) electrons. The highest BCUT2D eigenvalue weighted by Crippen LogP contribution is 2.36. The van der Waals surface area contributed by atoms with Gasteiger partial charge in [0.25, 0.3) is 5.91 Å². The van der Waals surface area contributed by atoms with E-state index >= 15 is 0 Å². The van der Waals surface area contributed by atoms with Gasteiger partial charge >= 0.3 is 5.97 Å². The predicted octanol–water partition coefficient (Wildman–Crippen LogP) is 3.92. The molecular formula is C25H26N2O5. The lowest BCUT2D eigenvalue weighted by Gasteiger charge is -2.16. The van der Waals surface area contributed by atoms with Crippen molar-refractivity contribution in [1.82, 2.24) is 10.3 Å². The lowest BCUT2D eigenvalue weighted by Crippen LogP contribution is -2.26. The molecule has 1 amide bonds. The first-order chi connectivity index (χ1) is 15.6. The molecule has 32 heavy (non-hydrogen) atoms. The second-order valence-corrected chi connectivity index (χ2v) is 6.88. The maximum absolute atomic E-state index is 12.3. The normalized spacial score (nSPS) is 10.3. The van der Waals surface area contributed by atoms with E-state index in [1.54, 1.807) is 57.7 Å². The second kappa shape index (κ2) is 10.9. The molecule has 1 aromatic heterocycles. The zero-order chi connectivity index (χ0) is 22.9. The molecule has 1 N–H and O–H groups in total. The van der Waals surface area contributed by atoms with Gasteiger partial charge in [0.1, 0.15) is 5.69 Å². The van der Waals surface area contributed by atoms with E-state index in [0.29, 0.717) is 42.3 Å². The summed E-state index contributed by atoms with van der Waals surface area (Å²) in [6.07, 6.45) is 2.15. The van der Waals surface area contributed by atoms with Crippen LogP contribution in [0.3, 0.4) is 0 Å². The molecule has 0 unspecified atom stereocenters. The van der Waals surface area contributed by atoms with Crippen LogP contribution >= 0.6 is 0 Å². The van der Waals surface area contributed by atoms with Crippen molar-refractivity contribution < 1.29 is 23.8 Å². The number of pyridine rings is 1. The number of hydrogen-bond acceptors (Lipinski definition) is 6. The summed E-state index contributed by atoms with van der Waals surface area (Å²) in [6, 6.07) is 16.2. The van der Waals surface area contributed by atoms with Crippen LogP contribution in [0.4, 0.5) is 0 Å². The minimum absolute atomic E-state index is 0.230. The molecule has 0 atom stereocenters. The van der Waals surface area contributed by atoms with E-state index in [9.17, 15) is 9.59 Å². The van der Waals surface area contributed by atoms with Gasteiger partial charge < -0.3 is 19.5 Å². The minimum Gasteiger partial charge on any atom is -0.493 e. The molecule has 3 aromatic rings. The Kier molecular flexibility index (Phi) is 7.80. The Morgan fingerprint density at radius 1 is 0.969 bits per heavy atom. The summed E-state index contributed by atoms with van der Waals surface area (Å²) in [5.74, 6) is 0.610. The fraction of sp³-hybridized carbons (Fsp3) is 0.240. The molecule has 2 aromatic carbocycles. The number of ether oxygens (including phenoxy) is 3. The minimum atomic E-state index is -0.358. The fourth-order valence-corrected chi connectivity index (χ4v) is 3.30. The van der Waals surface area contributed by atoms with Crippen molar-refractivity contribution in [1.29, 1.82) is 0 Å². The van der Waals surface area contributed by atoms with Crippen molar-refractivity contribution in [2.45, 2.75) is 13.3 Å². The number of rotatable bonds is 9. The number of aromatic nitrogens is 1. The van der Waals surface area contributed by atoms with Crippen LogP contribution in [0.5, 0.6) is 11.5 Å². The number of hydrogen-bond donors (Lipinski definition) is 1. The molecule has 0 fully saturated rings. The van der Waals surface area contributed by atoms with Crippen LogP contribution in [-0.4, -0.2) is 44.2 Å². The molecule has 0 aliphatic rings. The first-order valence-corrected chi connectivity index (χ1v) is 10.3. The van der Waals surface area contributed by atoms with Gasteiger partial charge in [-0.2, -0.15) is 0 Å². The Labute approximate surface area is 187 Å². The lowest BCUT2D eigenvalue weighted by atomic mass is 9.96. The van der Waals surface area contributed by atoms with Gasteiger partial charge in [-0.15, -0.1) is 0 Å². The van der Waals surface area contributed by atoms with E-state index < -0.39 is 0 Å². The van der Waals surface area contributed by atoms with E-state index in [4.69, 9.17) is 14.2 Å². The number of methoxy groups -OCH3 is 2. The average Bonchev–Trinajstić information content (AvgIpc) is 2.84. The summed E-state index contributed by atoms with van der Waals surface area (Å²) in [5, 5.41) is 2.90. The highest BCUT2D eigenvalue weighted by atomic mass is 16.5. The highest BCUT2D eigenvalue weighted by Gasteiger charge is 2.15. The molecule has 1 heterocycles. The fourth-order valence-electron chi connectivity index (χ4n) is 3.30. The Hall–Kier alpha value is -3.87. The zero-order valence-corrected chi connectivity index (χ0v) is 18.4. The van der Waals surface area contributed by atoms with Gasteiger partial charge in [-0.3, -0.25) is 9.78 Å². The van der Waals surface area contributed by atoms with Crippen molar-refractivity contribution in [3.05, 3.63) is 77.6 Å². The molecule has 166 valence electrons. The van der Waals surface area contributed by atoms with E-state index in [-0.39, 0.29) is 11.9 Å². The first-order valence-electron chi connectivity index (χ1n) is 10.3. The van der Waals surface area contributed by atoms with Gasteiger partial charge in [0.15, 0.2) is 11.5 Å². The third-order valence-electron chi connectivity index (χ3n) is 4.89. The molecule has 0 spiro atoms. The number of benzene rings is 2. The van der Waals surface area contributed by atoms with Crippen molar-refractivity contribution >= 4 is 11.9 Å². The molecule has 7 heteroatoms. The van der Waals surface area contributed by atoms with Gasteiger partial charge in [0.05, 0.1) is 26.4 Å². The Morgan fingerprint density at radius 3 is 2.31 bits per heavy atom. The maximum Gasteiger partial charge on any atom is 0.338 e. The first kappa shape index (κ1) is 22.8. The van der Waals surface area contributed by atoms with Crippen LogP contribution in [0.15, 0.2) is 60.8 Å². The second-order valence-electron chi connectivity index (χ2n) is 6.88. The molecular weight excluding hydrogens is 408 g/mol. The number of nitrogens with zero attached hydrogens (tertiary/aromatic N) is 1. The SMILES string of the molecule is CCOC(=O)c1ccc(-c2cc(OC)c(OC)cc2CCNC(=O)c2ccccn2)cc1. The number of nitrogens with one attached hydrogen (secondary N) is 1. The summed E-state index contributed by atoms with van der Waals surface area (Å²) in [7, 11) is 3.16. The van der Waals surface area contributed by atoms with E-state index in [2.05, 4.69) is 10.3 Å². The summed E-state index contributed by atoms with van der Waals surface area (Å²) in [5.41, 5.74) is 3.65. The van der Waals surface area contributed by atoms with Crippen LogP contribution in [0.2, 0.25) is 0 Å². The van der Waals surface area contributed by atoms with Crippen LogP contribution in [0.25, 0.3) is 11.1 Å². The quantitative estimate of drug-likeness (QED) is 0.514. The molecule has 0 aliphatic carbocycles. The van der Waals surface area contributed by atoms with E-state index in [0.717, 1.165) is 16.7 Å². The summed E-state index contributed by atoms with van der Waals surface area (Å²) < 4.78 is 16.0. The third kappa shape index (κ3) is 5.43. The highest BCUT2D eigenvalue weighted by molar-refractivity contribution is 5.92. The lowest BCUT2D eigenvalue weighted by molar-refractivity contribution is 0.0526. The van der Waals surface area contributed by atoms with Crippen molar-refractivity contribution in [3.8, 4) is 22.6 Å².